The molecule has 1 aliphatic rings. The predicted octanol–water partition coefficient (Wildman–Crippen LogP) is 2.82. The van der Waals surface area contributed by atoms with Gasteiger partial charge in [-0.05, 0) is 44.5 Å². The molecule has 1 aromatic carbocycles. The van der Waals surface area contributed by atoms with E-state index in [2.05, 4.69) is 11.0 Å². The Hall–Kier alpha value is -1.73. The average molecular weight is 274 g/mol. The Morgan fingerprint density at radius 3 is 2.70 bits per heavy atom. The topological polar surface area (TPSA) is 45.5 Å². The van der Waals surface area contributed by atoms with Crippen LogP contribution in [-0.4, -0.2) is 38.3 Å². The van der Waals surface area contributed by atoms with Gasteiger partial charge in [0, 0.05) is 12.6 Å². The van der Waals surface area contributed by atoms with Crippen LogP contribution in [0.1, 0.15) is 31.2 Å². The molecule has 1 saturated heterocycles. The van der Waals surface area contributed by atoms with Crippen molar-refractivity contribution in [3.8, 4) is 17.6 Å². The summed E-state index contributed by atoms with van der Waals surface area (Å²) >= 11 is 0. The second kappa shape index (κ2) is 7.76. The molecule has 1 aliphatic heterocycles. The van der Waals surface area contributed by atoms with Gasteiger partial charge >= 0.3 is 0 Å². The highest BCUT2D eigenvalue weighted by molar-refractivity contribution is 5.46. The number of methoxy groups -OCH3 is 1. The second-order valence-corrected chi connectivity index (χ2v) is 5.08. The van der Waals surface area contributed by atoms with E-state index in [4.69, 9.17) is 14.7 Å². The third-order valence-electron chi connectivity index (χ3n) is 3.62. The van der Waals surface area contributed by atoms with Gasteiger partial charge in [-0.2, -0.15) is 5.26 Å². The van der Waals surface area contributed by atoms with Crippen LogP contribution in [0.4, 0.5) is 0 Å². The molecule has 2 rings (SSSR count). The van der Waals surface area contributed by atoms with E-state index in [9.17, 15) is 0 Å². The summed E-state index contributed by atoms with van der Waals surface area (Å²) < 4.78 is 11.0. The molecular formula is C16H22N2O2. The molecule has 0 radical (unpaired) electrons. The first kappa shape index (κ1) is 14.7. The molecule has 0 aromatic heterocycles. The molecule has 4 heteroatoms. The van der Waals surface area contributed by atoms with Crippen molar-refractivity contribution >= 4 is 0 Å². The number of nitrogens with zero attached hydrogens (tertiary/aromatic N) is 2. The normalized spacial score (nSPS) is 15.6. The number of nitriles is 1. The van der Waals surface area contributed by atoms with E-state index in [0.29, 0.717) is 23.7 Å². The number of hydrogen-bond acceptors (Lipinski definition) is 4. The van der Waals surface area contributed by atoms with E-state index in [1.807, 2.05) is 0 Å². The van der Waals surface area contributed by atoms with Gasteiger partial charge in [0.05, 0.1) is 25.3 Å². The Morgan fingerprint density at radius 2 is 2.00 bits per heavy atom. The van der Waals surface area contributed by atoms with Crippen molar-refractivity contribution in [1.82, 2.24) is 4.90 Å². The number of benzene rings is 1. The van der Waals surface area contributed by atoms with Crippen molar-refractivity contribution < 1.29 is 9.47 Å². The fourth-order valence-electron chi connectivity index (χ4n) is 2.51. The third-order valence-corrected chi connectivity index (χ3v) is 3.62. The van der Waals surface area contributed by atoms with Gasteiger partial charge in [0.2, 0.25) is 0 Å². The summed E-state index contributed by atoms with van der Waals surface area (Å²) in [4.78, 5) is 2.50. The van der Waals surface area contributed by atoms with Gasteiger partial charge in [-0.3, -0.25) is 0 Å². The first-order valence-corrected chi connectivity index (χ1v) is 7.27. The Labute approximate surface area is 120 Å². The molecule has 0 saturated carbocycles. The second-order valence-electron chi connectivity index (χ2n) is 5.08. The zero-order chi connectivity index (χ0) is 14.2. The summed E-state index contributed by atoms with van der Waals surface area (Å²) in [7, 11) is 1.59. The van der Waals surface area contributed by atoms with Gasteiger partial charge in [-0.1, -0.05) is 6.42 Å². The van der Waals surface area contributed by atoms with Gasteiger partial charge in [0.15, 0.2) is 11.5 Å². The molecule has 0 amide bonds. The minimum atomic E-state index is 0.586. The van der Waals surface area contributed by atoms with E-state index in [1.165, 1.54) is 32.4 Å². The predicted molar refractivity (Wildman–Crippen MR) is 78.1 cm³/mol. The zero-order valence-corrected chi connectivity index (χ0v) is 12.1. The van der Waals surface area contributed by atoms with Crippen LogP contribution in [0.15, 0.2) is 18.2 Å². The van der Waals surface area contributed by atoms with Gasteiger partial charge < -0.3 is 14.4 Å². The van der Waals surface area contributed by atoms with E-state index in [-0.39, 0.29) is 0 Å². The lowest BCUT2D eigenvalue weighted by Gasteiger charge is -2.26. The summed E-state index contributed by atoms with van der Waals surface area (Å²) in [5, 5.41) is 8.85. The minimum Gasteiger partial charge on any atom is -0.493 e. The quantitative estimate of drug-likeness (QED) is 0.748. The lowest BCUT2D eigenvalue weighted by molar-refractivity contribution is 0.203. The Morgan fingerprint density at radius 1 is 1.20 bits per heavy atom. The van der Waals surface area contributed by atoms with Gasteiger partial charge in [0.1, 0.15) is 0 Å². The number of likely N-dealkylation sites (tertiary alicyclic amines) is 1. The number of hydrogen-bond donors (Lipinski definition) is 0. The van der Waals surface area contributed by atoms with Crippen LogP contribution in [-0.2, 0) is 0 Å². The molecular weight excluding hydrogens is 252 g/mol. The standard InChI is InChI=1S/C16H22N2O2/c1-19-16-12-14(13-17)6-7-15(16)20-11-5-10-18-8-3-2-4-9-18/h6-7,12H,2-5,8-11H2,1H3. The molecule has 0 atom stereocenters. The van der Waals surface area contributed by atoms with Crippen LogP contribution >= 0.6 is 0 Å². The van der Waals surface area contributed by atoms with Crippen molar-refractivity contribution in [2.24, 2.45) is 0 Å². The molecule has 0 spiro atoms. The SMILES string of the molecule is COc1cc(C#N)ccc1OCCCN1CCCCC1. The first-order valence-electron chi connectivity index (χ1n) is 7.27. The van der Waals surface area contributed by atoms with E-state index in [0.717, 1.165) is 13.0 Å². The maximum atomic E-state index is 8.85. The highest BCUT2D eigenvalue weighted by Crippen LogP contribution is 2.27. The Bertz CT molecular complexity index is 462. The number of piperidine rings is 1. The average Bonchev–Trinajstić information content (AvgIpc) is 2.52. The summed E-state index contributed by atoms with van der Waals surface area (Å²) in [6.07, 6.45) is 5.03. The maximum Gasteiger partial charge on any atom is 0.162 e. The molecule has 1 heterocycles. The fraction of sp³-hybridized carbons (Fsp3) is 0.562. The smallest absolute Gasteiger partial charge is 0.162 e. The monoisotopic (exact) mass is 274 g/mol. The molecule has 20 heavy (non-hydrogen) atoms. The van der Waals surface area contributed by atoms with Crippen LogP contribution in [0, 0.1) is 11.3 Å². The van der Waals surface area contributed by atoms with Crippen LogP contribution in [0.2, 0.25) is 0 Å². The number of rotatable bonds is 6. The molecule has 108 valence electrons. The van der Waals surface area contributed by atoms with Crippen molar-refractivity contribution in [3.63, 3.8) is 0 Å². The third kappa shape index (κ3) is 4.14. The Kier molecular flexibility index (Phi) is 5.69. The maximum absolute atomic E-state index is 8.85. The van der Waals surface area contributed by atoms with Crippen LogP contribution in [0.5, 0.6) is 11.5 Å². The van der Waals surface area contributed by atoms with Gasteiger partial charge in [-0.25, -0.2) is 0 Å². The minimum absolute atomic E-state index is 0.586. The van der Waals surface area contributed by atoms with Gasteiger partial charge in [-0.15, -0.1) is 0 Å². The highest BCUT2D eigenvalue weighted by atomic mass is 16.5. The largest absolute Gasteiger partial charge is 0.493 e. The summed E-state index contributed by atoms with van der Waals surface area (Å²) in [5.41, 5.74) is 0.586. The molecule has 1 fully saturated rings. The van der Waals surface area contributed by atoms with E-state index < -0.39 is 0 Å². The summed E-state index contributed by atoms with van der Waals surface area (Å²) in [5.74, 6) is 1.34. The van der Waals surface area contributed by atoms with Crippen molar-refractivity contribution in [2.75, 3.05) is 33.4 Å². The zero-order valence-electron chi connectivity index (χ0n) is 12.1. The van der Waals surface area contributed by atoms with Crippen LogP contribution < -0.4 is 9.47 Å². The number of ether oxygens (including phenoxy) is 2. The molecule has 0 N–H and O–H groups in total. The van der Waals surface area contributed by atoms with E-state index in [1.54, 1.807) is 25.3 Å². The van der Waals surface area contributed by atoms with E-state index >= 15 is 0 Å². The lowest BCUT2D eigenvalue weighted by atomic mass is 10.1. The molecule has 0 bridgehead atoms. The first-order chi connectivity index (χ1) is 9.83. The van der Waals surface area contributed by atoms with Gasteiger partial charge in [0.25, 0.3) is 0 Å². The highest BCUT2D eigenvalue weighted by Gasteiger charge is 2.10. The Balaban J connectivity index is 1.77. The summed E-state index contributed by atoms with van der Waals surface area (Å²) in [6.45, 7) is 4.22. The summed E-state index contributed by atoms with van der Waals surface area (Å²) in [6, 6.07) is 7.36. The van der Waals surface area contributed by atoms with Crippen LogP contribution in [0.25, 0.3) is 0 Å². The molecule has 0 aliphatic carbocycles. The fourth-order valence-corrected chi connectivity index (χ4v) is 2.51. The lowest BCUT2D eigenvalue weighted by Crippen LogP contribution is -2.31. The van der Waals surface area contributed by atoms with Crippen molar-refractivity contribution in [2.45, 2.75) is 25.7 Å². The van der Waals surface area contributed by atoms with Crippen molar-refractivity contribution in [1.29, 1.82) is 5.26 Å². The molecule has 1 aromatic rings. The molecule has 0 unspecified atom stereocenters. The molecule has 4 nitrogen and oxygen atoms in total. The van der Waals surface area contributed by atoms with Crippen molar-refractivity contribution in [3.05, 3.63) is 23.8 Å². The van der Waals surface area contributed by atoms with Crippen LogP contribution in [0.3, 0.4) is 0 Å².